The second kappa shape index (κ2) is 6.90. The lowest BCUT2D eigenvalue weighted by Gasteiger charge is -2.22. The van der Waals surface area contributed by atoms with E-state index in [1.54, 1.807) is 6.07 Å². The summed E-state index contributed by atoms with van der Waals surface area (Å²) in [6.07, 6.45) is 0.899. The molecule has 6 heteroatoms. The lowest BCUT2D eigenvalue weighted by Crippen LogP contribution is -2.32. The maximum Gasteiger partial charge on any atom is 0.325 e. The summed E-state index contributed by atoms with van der Waals surface area (Å²) in [7, 11) is 1.37. The minimum Gasteiger partial charge on any atom is -0.468 e. The van der Waals surface area contributed by atoms with Crippen LogP contribution in [0.25, 0.3) is 0 Å². The van der Waals surface area contributed by atoms with E-state index in [-0.39, 0.29) is 17.5 Å². The number of esters is 1. The Morgan fingerprint density at radius 1 is 1.56 bits per heavy atom. The number of hydrogen-bond donors (Lipinski definition) is 1. The zero-order valence-electron chi connectivity index (χ0n) is 10.5. The zero-order valence-corrected chi connectivity index (χ0v) is 11.4. The van der Waals surface area contributed by atoms with Crippen molar-refractivity contribution in [2.75, 3.05) is 25.1 Å². The monoisotopic (exact) mass is 267 g/mol. The molecule has 1 aromatic heterocycles. The van der Waals surface area contributed by atoms with Crippen LogP contribution in [0, 0.1) is 0 Å². The number of thiocarbonyl (C=S) groups is 1. The molecule has 1 rings (SSSR count). The molecule has 0 spiro atoms. The molecule has 0 saturated heterocycles. The van der Waals surface area contributed by atoms with Crippen LogP contribution in [0.5, 0.6) is 0 Å². The SMILES string of the molecule is CCCN(CC(=O)OC)c1cccc(C(N)=S)n1. The van der Waals surface area contributed by atoms with Gasteiger partial charge >= 0.3 is 5.97 Å². The fourth-order valence-electron chi connectivity index (χ4n) is 1.50. The van der Waals surface area contributed by atoms with Crippen LogP contribution in [0.15, 0.2) is 18.2 Å². The molecule has 1 heterocycles. The third kappa shape index (κ3) is 3.96. The van der Waals surface area contributed by atoms with E-state index in [1.165, 1.54) is 7.11 Å². The van der Waals surface area contributed by atoms with Gasteiger partial charge in [-0.05, 0) is 18.6 Å². The summed E-state index contributed by atoms with van der Waals surface area (Å²) in [4.78, 5) is 17.8. The van der Waals surface area contributed by atoms with Crippen molar-refractivity contribution in [1.82, 2.24) is 4.98 Å². The molecule has 0 radical (unpaired) electrons. The Kier molecular flexibility index (Phi) is 5.51. The maximum absolute atomic E-state index is 11.3. The molecule has 0 amide bonds. The van der Waals surface area contributed by atoms with Crippen molar-refractivity contribution in [2.24, 2.45) is 5.73 Å². The first kappa shape index (κ1) is 14.4. The zero-order chi connectivity index (χ0) is 13.5. The fraction of sp³-hybridized carbons (Fsp3) is 0.417. The molecule has 0 bridgehead atoms. The normalized spacial score (nSPS) is 9.89. The minimum absolute atomic E-state index is 0.165. The van der Waals surface area contributed by atoms with Crippen LogP contribution in [0.2, 0.25) is 0 Å². The van der Waals surface area contributed by atoms with Gasteiger partial charge in [-0.1, -0.05) is 25.2 Å². The smallest absolute Gasteiger partial charge is 0.325 e. The van der Waals surface area contributed by atoms with E-state index in [0.717, 1.165) is 6.42 Å². The standard InChI is InChI=1S/C12H17N3O2S/c1-3-7-15(8-11(16)17-2)10-6-4-5-9(14-10)12(13)18/h4-6H,3,7-8H2,1-2H3,(H2,13,18). The summed E-state index contributed by atoms with van der Waals surface area (Å²) in [6, 6.07) is 5.38. The van der Waals surface area contributed by atoms with Gasteiger partial charge in [0, 0.05) is 6.54 Å². The van der Waals surface area contributed by atoms with Crippen molar-refractivity contribution in [3.8, 4) is 0 Å². The number of carbonyl (C=O) groups excluding carboxylic acids is 1. The van der Waals surface area contributed by atoms with Crippen LogP contribution in [0.1, 0.15) is 19.0 Å². The third-order valence-corrected chi connectivity index (χ3v) is 2.56. The van der Waals surface area contributed by atoms with E-state index in [0.29, 0.717) is 18.1 Å². The number of carbonyl (C=O) groups is 1. The summed E-state index contributed by atoms with van der Waals surface area (Å²) in [5, 5.41) is 0. The van der Waals surface area contributed by atoms with Crippen molar-refractivity contribution in [3.63, 3.8) is 0 Å². The van der Waals surface area contributed by atoms with E-state index in [4.69, 9.17) is 18.0 Å². The molecule has 0 aliphatic rings. The number of pyridine rings is 1. The topological polar surface area (TPSA) is 68.5 Å². The highest BCUT2D eigenvalue weighted by Crippen LogP contribution is 2.12. The molecule has 98 valence electrons. The first-order valence-electron chi connectivity index (χ1n) is 5.67. The summed E-state index contributed by atoms with van der Waals surface area (Å²) < 4.78 is 4.67. The number of methoxy groups -OCH3 is 1. The van der Waals surface area contributed by atoms with Gasteiger partial charge in [0.2, 0.25) is 0 Å². The lowest BCUT2D eigenvalue weighted by atomic mass is 10.3. The molecular weight excluding hydrogens is 250 g/mol. The lowest BCUT2D eigenvalue weighted by molar-refractivity contribution is -0.138. The number of nitrogens with two attached hydrogens (primary N) is 1. The molecule has 0 unspecified atom stereocenters. The van der Waals surface area contributed by atoms with Gasteiger partial charge < -0.3 is 15.4 Å². The molecule has 2 N–H and O–H groups in total. The van der Waals surface area contributed by atoms with Crippen LogP contribution in [0.4, 0.5) is 5.82 Å². The first-order chi connectivity index (χ1) is 8.58. The Morgan fingerprint density at radius 3 is 2.83 bits per heavy atom. The van der Waals surface area contributed by atoms with Crippen molar-refractivity contribution in [1.29, 1.82) is 0 Å². The largest absolute Gasteiger partial charge is 0.468 e. The highest BCUT2D eigenvalue weighted by Gasteiger charge is 2.13. The van der Waals surface area contributed by atoms with Gasteiger partial charge in [-0.25, -0.2) is 4.98 Å². The Labute approximate surface area is 112 Å². The molecular formula is C12H17N3O2S. The first-order valence-corrected chi connectivity index (χ1v) is 6.08. The van der Waals surface area contributed by atoms with Gasteiger partial charge in [0.05, 0.1) is 12.8 Å². The number of rotatable bonds is 6. The van der Waals surface area contributed by atoms with Crippen molar-refractivity contribution < 1.29 is 9.53 Å². The van der Waals surface area contributed by atoms with Gasteiger partial charge in [-0.2, -0.15) is 0 Å². The van der Waals surface area contributed by atoms with Crippen LogP contribution in [0.3, 0.4) is 0 Å². The van der Waals surface area contributed by atoms with E-state index >= 15 is 0 Å². The number of hydrogen-bond acceptors (Lipinski definition) is 5. The second-order valence-corrected chi connectivity index (χ2v) is 4.18. The summed E-state index contributed by atoms with van der Waals surface area (Å²) >= 11 is 4.89. The summed E-state index contributed by atoms with van der Waals surface area (Å²) in [5.74, 6) is 0.374. The van der Waals surface area contributed by atoms with Crippen LogP contribution in [-0.2, 0) is 9.53 Å². The van der Waals surface area contributed by atoms with Gasteiger partial charge in [0.15, 0.2) is 0 Å². The van der Waals surface area contributed by atoms with E-state index < -0.39 is 0 Å². The molecule has 18 heavy (non-hydrogen) atoms. The van der Waals surface area contributed by atoms with E-state index in [2.05, 4.69) is 9.72 Å². The van der Waals surface area contributed by atoms with Crippen LogP contribution < -0.4 is 10.6 Å². The summed E-state index contributed by atoms with van der Waals surface area (Å²) in [5.41, 5.74) is 6.09. The average Bonchev–Trinajstić information content (AvgIpc) is 2.38. The number of anilines is 1. The molecule has 0 saturated carbocycles. The Bertz CT molecular complexity index is 437. The number of ether oxygens (including phenoxy) is 1. The molecule has 1 aromatic rings. The Morgan fingerprint density at radius 2 is 2.28 bits per heavy atom. The number of nitrogens with zero attached hydrogens (tertiary/aromatic N) is 2. The van der Waals surface area contributed by atoms with Crippen LogP contribution >= 0.6 is 12.2 Å². The maximum atomic E-state index is 11.3. The molecule has 0 fully saturated rings. The van der Waals surface area contributed by atoms with Gasteiger partial charge in [-0.3, -0.25) is 4.79 Å². The Balaban J connectivity index is 2.94. The third-order valence-electron chi connectivity index (χ3n) is 2.35. The molecule has 0 aliphatic heterocycles. The highest BCUT2D eigenvalue weighted by molar-refractivity contribution is 7.80. The second-order valence-electron chi connectivity index (χ2n) is 3.74. The van der Waals surface area contributed by atoms with Crippen LogP contribution in [-0.4, -0.2) is 36.1 Å². The van der Waals surface area contributed by atoms with Crippen molar-refractivity contribution in [2.45, 2.75) is 13.3 Å². The highest BCUT2D eigenvalue weighted by atomic mass is 32.1. The molecule has 0 aliphatic carbocycles. The predicted molar refractivity (Wildman–Crippen MR) is 74.6 cm³/mol. The number of aromatic nitrogens is 1. The fourth-order valence-corrected chi connectivity index (χ4v) is 1.62. The predicted octanol–water partition coefficient (Wildman–Crippen LogP) is 1.11. The molecule has 0 atom stereocenters. The quantitative estimate of drug-likeness (QED) is 0.615. The summed E-state index contributed by atoms with van der Waals surface area (Å²) in [6.45, 7) is 2.91. The van der Waals surface area contributed by atoms with Gasteiger partial charge in [0.1, 0.15) is 17.4 Å². The Hall–Kier alpha value is -1.69. The van der Waals surface area contributed by atoms with E-state index in [1.807, 2.05) is 24.0 Å². The molecule has 0 aromatic carbocycles. The average molecular weight is 267 g/mol. The molecule has 5 nitrogen and oxygen atoms in total. The van der Waals surface area contributed by atoms with Crippen molar-refractivity contribution in [3.05, 3.63) is 23.9 Å². The minimum atomic E-state index is -0.300. The van der Waals surface area contributed by atoms with Crippen molar-refractivity contribution >= 4 is 29.0 Å². The van der Waals surface area contributed by atoms with Gasteiger partial charge in [-0.15, -0.1) is 0 Å². The van der Waals surface area contributed by atoms with Gasteiger partial charge in [0.25, 0.3) is 0 Å². The van der Waals surface area contributed by atoms with E-state index in [9.17, 15) is 4.79 Å².